The van der Waals surface area contributed by atoms with Crippen LogP contribution < -0.4 is 10.5 Å². The maximum absolute atomic E-state index is 13.7. The van der Waals surface area contributed by atoms with Gasteiger partial charge in [-0.05, 0) is 29.8 Å². The van der Waals surface area contributed by atoms with Gasteiger partial charge in [0.1, 0.15) is 29.0 Å². The summed E-state index contributed by atoms with van der Waals surface area (Å²) in [5.74, 6) is -0.193. The Hall–Kier alpha value is -3.37. The Morgan fingerprint density at radius 3 is 2.64 bits per heavy atom. The highest BCUT2D eigenvalue weighted by Gasteiger charge is 2.36. The molecular formula is C26H24ClN3O5S. The Bertz CT molecular complexity index is 1520. The number of para-hydroxylation sites is 1. The molecule has 1 unspecified atom stereocenters. The number of fused-ring (bicyclic) bond motifs is 1. The topological polar surface area (TPSA) is 115 Å². The van der Waals surface area contributed by atoms with E-state index in [9.17, 15) is 13.2 Å². The van der Waals surface area contributed by atoms with E-state index in [1.165, 1.54) is 10.4 Å². The number of nitrogens with zero attached hydrogens (tertiary/aromatic N) is 1. The van der Waals surface area contributed by atoms with Gasteiger partial charge in [-0.15, -0.1) is 0 Å². The number of benzene rings is 3. The minimum absolute atomic E-state index is 0.0568. The highest BCUT2D eigenvalue weighted by molar-refractivity contribution is 7.89. The third kappa shape index (κ3) is 4.70. The van der Waals surface area contributed by atoms with Crippen molar-refractivity contribution < 1.29 is 22.7 Å². The molecule has 1 fully saturated rings. The first kappa shape index (κ1) is 24.3. The number of sulfonamides is 1. The fourth-order valence-corrected chi connectivity index (χ4v) is 6.32. The molecule has 5 rings (SSSR count). The number of nitrogens with one attached hydrogen (secondary N) is 1. The second-order valence-electron chi connectivity index (χ2n) is 8.41. The summed E-state index contributed by atoms with van der Waals surface area (Å²) in [6.07, 6.45) is -0.511. The van der Waals surface area contributed by atoms with Gasteiger partial charge in [-0.3, -0.25) is 4.79 Å². The van der Waals surface area contributed by atoms with E-state index in [0.717, 1.165) is 11.1 Å². The fraction of sp³-hybridized carbons (Fsp3) is 0.192. The van der Waals surface area contributed by atoms with Crippen LogP contribution in [0.3, 0.4) is 0 Å². The van der Waals surface area contributed by atoms with Gasteiger partial charge in [-0.25, -0.2) is 8.42 Å². The molecule has 1 aliphatic heterocycles. The van der Waals surface area contributed by atoms with Crippen molar-refractivity contribution in [1.82, 2.24) is 9.29 Å². The summed E-state index contributed by atoms with van der Waals surface area (Å²) in [5.41, 5.74) is 7.74. The lowest BCUT2D eigenvalue weighted by molar-refractivity contribution is -0.0248. The van der Waals surface area contributed by atoms with E-state index in [-0.39, 0.29) is 36.9 Å². The number of halogens is 1. The van der Waals surface area contributed by atoms with Crippen LogP contribution in [0.15, 0.2) is 77.7 Å². The lowest BCUT2D eigenvalue weighted by Gasteiger charge is -2.32. The highest BCUT2D eigenvalue weighted by Crippen LogP contribution is 2.33. The van der Waals surface area contributed by atoms with Crippen molar-refractivity contribution >= 4 is 38.4 Å². The zero-order valence-electron chi connectivity index (χ0n) is 19.2. The maximum atomic E-state index is 13.7. The van der Waals surface area contributed by atoms with Crippen molar-refractivity contribution in [2.45, 2.75) is 11.0 Å². The van der Waals surface area contributed by atoms with Crippen LogP contribution in [0, 0.1) is 0 Å². The van der Waals surface area contributed by atoms with E-state index in [4.69, 9.17) is 26.8 Å². The molecule has 36 heavy (non-hydrogen) atoms. The van der Waals surface area contributed by atoms with Crippen LogP contribution >= 0.6 is 11.6 Å². The molecule has 1 amide bonds. The number of hydrogen-bond donors (Lipinski definition) is 2. The molecule has 10 heteroatoms. The number of rotatable bonds is 7. The van der Waals surface area contributed by atoms with Gasteiger partial charge in [0, 0.05) is 34.6 Å². The number of carbonyl (C=O) groups excluding carboxylic acids is 1. The predicted molar refractivity (Wildman–Crippen MR) is 138 cm³/mol. The lowest BCUT2D eigenvalue weighted by Crippen LogP contribution is -2.47. The van der Waals surface area contributed by atoms with E-state index in [0.29, 0.717) is 21.7 Å². The Morgan fingerprint density at radius 1 is 1.11 bits per heavy atom. The summed E-state index contributed by atoms with van der Waals surface area (Å²) in [7, 11) is -4.10. The summed E-state index contributed by atoms with van der Waals surface area (Å²) >= 11 is 6.12. The molecule has 3 N–H and O–H groups in total. The Labute approximate surface area is 213 Å². The van der Waals surface area contributed by atoms with Gasteiger partial charge in [-0.2, -0.15) is 4.31 Å². The number of amides is 1. The zero-order valence-corrected chi connectivity index (χ0v) is 20.8. The van der Waals surface area contributed by atoms with Gasteiger partial charge in [0.15, 0.2) is 0 Å². The molecule has 3 aromatic carbocycles. The van der Waals surface area contributed by atoms with Crippen molar-refractivity contribution in [2.24, 2.45) is 5.73 Å². The summed E-state index contributed by atoms with van der Waals surface area (Å²) in [5, 5.41) is 0.659. The molecule has 4 aromatic rings. The average molecular weight is 526 g/mol. The largest absolute Gasteiger partial charge is 0.490 e. The number of carbonyl (C=O) groups is 1. The zero-order chi connectivity index (χ0) is 25.3. The summed E-state index contributed by atoms with van der Waals surface area (Å²) in [4.78, 5) is 14.8. The number of nitrogens with two attached hydrogens (primary N) is 1. The van der Waals surface area contributed by atoms with Crippen LogP contribution in [-0.2, 0) is 14.8 Å². The van der Waals surface area contributed by atoms with Gasteiger partial charge in [-0.1, -0.05) is 60.1 Å². The monoisotopic (exact) mass is 525 g/mol. The summed E-state index contributed by atoms with van der Waals surface area (Å²) in [6.45, 7) is 0.521. The molecule has 0 spiro atoms. The van der Waals surface area contributed by atoms with Gasteiger partial charge >= 0.3 is 0 Å². The smallest absolute Gasteiger partial charge is 0.266 e. The number of ether oxygens (including phenoxy) is 2. The third-order valence-corrected chi connectivity index (χ3v) is 8.24. The molecule has 0 radical (unpaired) electrons. The second kappa shape index (κ2) is 9.94. The number of aromatic amines is 1. The van der Waals surface area contributed by atoms with E-state index >= 15 is 0 Å². The molecule has 1 aliphatic rings. The fourth-order valence-electron chi connectivity index (χ4n) is 4.35. The Morgan fingerprint density at radius 2 is 1.86 bits per heavy atom. The number of aromatic nitrogens is 1. The molecule has 8 nitrogen and oxygen atoms in total. The first-order valence-corrected chi connectivity index (χ1v) is 13.2. The molecular weight excluding hydrogens is 502 g/mol. The van der Waals surface area contributed by atoms with Gasteiger partial charge < -0.3 is 20.2 Å². The average Bonchev–Trinajstić information content (AvgIpc) is 3.28. The number of primary amides is 1. The molecule has 186 valence electrons. The summed E-state index contributed by atoms with van der Waals surface area (Å²) in [6, 6.07) is 22.2. The van der Waals surface area contributed by atoms with E-state index in [1.807, 2.05) is 54.6 Å². The van der Waals surface area contributed by atoms with E-state index in [1.54, 1.807) is 12.1 Å². The van der Waals surface area contributed by atoms with Crippen molar-refractivity contribution in [3.05, 3.63) is 83.5 Å². The van der Waals surface area contributed by atoms with Gasteiger partial charge in [0.25, 0.3) is 5.91 Å². The van der Waals surface area contributed by atoms with Crippen LogP contribution in [-0.4, -0.2) is 56.0 Å². The van der Waals surface area contributed by atoms with Gasteiger partial charge in [0.05, 0.1) is 6.61 Å². The second-order valence-corrected chi connectivity index (χ2v) is 10.7. The molecule has 0 saturated carbocycles. The Balaban J connectivity index is 1.38. The van der Waals surface area contributed by atoms with Crippen molar-refractivity contribution in [3.63, 3.8) is 0 Å². The van der Waals surface area contributed by atoms with Crippen LogP contribution in [0.1, 0.15) is 10.5 Å². The summed E-state index contributed by atoms with van der Waals surface area (Å²) < 4.78 is 40.6. The molecule has 1 saturated heterocycles. The first-order chi connectivity index (χ1) is 17.3. The minimum Gasteiger partial charge on any atom is -0.490 e. The van der Waals surface area contributed by atoms with Crippen molar-refractivity contribution in [2.75, 3.05) is 26.3 Å². The normalized spacial score (nSPS) is 16.8. The molecule has 2 heterocycles. The van der Waals surface area contributed by atoms with Crippen LogP contribution in [0.25, 0.3) is 22.0 Å². The maximum Gasteiger partial charge on any atom is 0.266 e. The number of H-pyrrole nitrogens is 1. The Kier molecular flexibility index (Phi) is 6.72. The SMILES string of the molecule is NC(=O)c1[nH]c2ccc(Cl)cc2c1S(=O)(=O)N1CCOC(COc2ccccc2-c2ccccc2)C1. The van der Waals surface area contributed by atoms with Crippen LogP contribution in [0.2, 0.25) is 5.02 Å². The van der Waals surface area contributed by atoms with E-state index < -0.39 is 22.0 Å². The number of morpholine rings is 1. The van der Waals surface area contributed by atoms with Crippen molar-refractivity contribution in [1.29, 1.82) is 0 Å². The van der Waals surface area contributed by atoms with Crippen LogP contribution in [0.5, 0.6) is 5.75 Å². The predicted octanol–water partition coefficient (Wildman–Crippen LogP) is 4.06. The van der Waals surface area contributed by atoms with Crippen LogP contribution in [0.4, 0.5) is 0 Å². The standard InChI is InChI=1S/C26H24ClN3O5S/c27-18-10-11-22-21(14-18)25(24(29-22)26(28)31)36(32,33)30-12-13-34-19(15-30)16-35-23-9-5-4-8-20(23)17-6-2-1-3-7-17/h1-11,14,19,29H,12-13,15-16H2,(H2,28,31). The molecule has 1 atom stereocenters. The number of hydrogen-bond acceptors (Lipinski definition) is 5. The highest BCUT2D eigenvalue weighted by atomic mass is 35.5. The molecule has 0 bridgehead atoms. The first-order valence-electron chi connectivity index (χ1n) is 11.3. The quantitative estimate of drug-likeness (QED) is 0.377. The van der Waals surface area contributed by atoms with Crippen molar-refractivity contribution in [3.8, 4) is 16.9 Å². The van der Waals surface area contributed by atoms with E-state index in [2.05, 4.69) is 4.98 Å². The molecule has 1 aromatic heterocycles. The van der Waals surface area contributed by atoms with Gasteiger partial charge in [0.2, 0.25) is 10.0 Å². The minimum atomic E-state index is -4.10. The lowest BCUT2D eigenvalue weighted by atomic mass is 10.1. The molecule has 0 aliphatic carbocycles. The third-order valence-electron chi connectivity index (χ3n) is 6.06.